The van der Waals surface area contributed by atoms with Crippen LogP contribution in [0.3, 0.4) is 0 Å². The molecule has 0 atom stereocenters. The molecule has 2 aromatic carbocycles. The van der Waals surface area contributed by atoms with Gasteiger partial charge in [0.2, 0.25) is 17.8 Å². The summed E-state index contributed by atoms with van der Waals surface area (Å²) in [5, 5.41) is 8.18. The third-order valence-electron chi connectivity index (χ3n) is 3.15. The van der Waals surface area contributed by atoms with Crippen LogP contribution in [-0.4, -0.2) is 27.4 Å². The van der Waals surface area contributed by atoms with Gasteiger partial charge in [0.05, 0.1) is 12.4 Å². The van der Waals surface area contributed by atoms with E-state index >= 15 is 0 Å². The summed E-state index contributed by atoms with van der Waals surface area (Å²) < 4.78 is 1.99. The highest BCUT2D eigenvalue weighted by atomic mass is 79.9. The number of nitrogens with two attached hydrogens (primary N) is 1. The summed E-state index contributed by atoms with van der Waals surface area (Å²) in [6.07, 6.45) is 3.29. The molecule has 10 heteroatoms. The first-order chi connectivity index (χ1) is 13.1. The number of anilines is 3. The second kappa shape index (κ2) is 9.19. The van der Waals surface area contributed by atoms with Crippen LogP contribution in [0.25, 0.3) is 0 Å². The number of hydrogen-bond donors (Lipinski definition) is 3. The minimum Gasteiger partial charge on any atom is -0.368 e. The zero-order valence-corrected chi connectivity index (χ0v) is 17.0. The molecule has 8 nitrogen and oxygen atoms in total. The Balaban J connectivity index is 1.63. The average Bonchev–Trinajstić information content (AvgIpc) is 2.65. The van der Waals surface area contributed by atoms with Crippen LogP contribution in [0.5, 0.6) is 0 Å². The van der Waals surface area contributed by atoms with Crippen LogP contribution in [-0.2, 0) is 0 Å². The van der Waals surface area contributed by atoms with Gasteiger partial charge in [-0.05, 0) is 35.4 Å². The number of nitrogens with zero attached hydrogens (tertiary/aromatic N) is 5. The lowest BCUT2D eigenvalue weighted by molar-refractivity contribution is 1.03. The molecular weight excluding hydrogens is 476 g/mol. The first-order valence-corrected chi connectivity index (χ1v) is 9.28. The summed E-state index contributed by atoms with van der Waals surface area (Å²) in [7, 11) is 0. The molecule has 3 aromatic rings. The van der Waals surface area contributed by atoms with Crippen LogP contribution in [0.4, 0.5) is 17.8 Å². The van der Waals surface area contributed by atoms with Gasteiger partial charge in [-0.3, -0.25) is 0 Å². The standard InChI is InChI=1S/C17H14Br2N8/c18-13-5-1-11(2-6-13)9-21-26-16-23-15(20)24-17(25-16)27-22-10-12-3-7-14(19)8-4-12/h1-10H,(H4,20,23,24,25,26,27). The highest BCUT2D eigenvalue weighted by molar-refractivity contribution is 9.10. The van der Waals surface area contributed by atoms with Crippen molar-refractivity contribution >= 4 is 62.1 Å². The Bertz CT molecular complexity index is 880. The van der Waals surface area contributed by atoms with E-state index in [0.29, 0.717) is 0 Å². The molecule has 136 valence electrons. The first kappa shape index (κ1) is 18.9. The molecule has 3 rings (SSSR count). The van der Waals surface area contributed by atoms with Crippen molar-refractivity contribution in [2.24, 2.45) is 10.2 Å². The predicted octanol–water partition coefficient (Wildman–Crippen LogP) is 3.87. The van der Waals surface area contributed by atoms with E-state index in [2.05, 4.69) is 67.9 Å². The third-order valence-corrected chi connectivity index (χ3v) is 4.21. The zero-order chi connectivity index (χ0) is 19.1. The number of nitrogens with one attached hydrogen (secondary N) is 2. The van der Waals surface area contributed by atoms with E-state index in [1.807, 2.05) is 48.5 Å². The van der Waals surface area contributed by atoms with Crippen LogP contribution in [0.15, 0.2) is 67.7 Å². The van der Waals surface area contributed by atoms with Gasteiger partial charge in [-0.25, -0.2) is 10.9 Å². The lowest BCUT2D eigenvalue weighted by Crippen LogP contribution is -2.06. The second-order valence-electron chi connectivity index (χ2n) is 5.18. The Morgan fingerprint density at radius 1 is 0.704 bits per heavy atom. The molecule has 0 unspecified atom stereocenters. The number of hydrogen-bond acceptors (Lipinski definition) is 8. The zero-order valence-electron chi connectivity index (χ0n) is 13.8. The molecule has 0 amide bonds. The molecule has 0 spiro atoms. The van der Waals surface area contributed by atoms with E-state index in [9.17, 15) is 0 Å². The Labute approximate surface area is 172 Å². The van der Waals surface area contributed by atoms with E-state index in [1.54, 1.807) is 12.4 Å². The number of benzene rings is 2. The van der Waals surface area contributed by atoms with Gasteiger partial charge in [-0.15, -0.1) is 0 Å². The molecule has 27 heavy (non-hydrogen) atoms. The monoisotopic (exact) mass is 488 g/mol. The van der Waals surface area contributed by atoms with Gasteiger partial charge in [-0.2, -0.15) is 25.2 Å². The molecule has 0 radical (unpaired) electrons. The van der Waals surface area contributed by atoms with E-state index in [0.717, 1.165) is 20.1 Å². The van der Waals surface area contributed by atoms with Crippen molar-refractivity contribution in [2.75, 3.05) is 16.6 Å². The van der Waals surface area contributed by atoms with Gasteiger partial charge in [0.1, 0.15) is 0 Å². The van der Waals surface area contributed by atoms with E-state index in [-0.39, 0.29) is 17.8 Å². The summed E-state index contributed by atoms with van der Waals surface area (Å²) in [5.74, 6) is 0.460. The van der Waals surface area contributed by atoms with Gasteiger partial charge in [0.15, 0.2) is 0 Å². The molecule has 4 N–H and O–H groups in total. The fourth-order valence-electron chi connectivity index (χ4n) is 1.92. The normalized spacial score (nSPS) is 11.2. The summed E-state index contributed by atoms with van der Waals surface area (Å²) in [5.41, 5.74) is 13.0. The highest BCUT2D eigenvalue weighted by Gasteiger charge is 2.02. The number of aromatic nitrogens is 3. The molecule has 0 aliphatic heterocycles. The topological polar surface area (TPSA) is 113 Å². The minimum absolute atomic E-state index is 0.0488. The van der Waals surface area contributed by atoms with Gasteiger partial charge in [0, 0.05) is 8.95 Å². The maximum Gasteiger partial charge on any atom is 0.250 e. The Kier molecular flexibility index (Phi) is 6.44. The summed E-state index contributed by atoms with van der Waals surface area (Å²) in [4.78, 5) is 12.1. The van der Waals surface area contributed by atoms with Crippen molar-refractivity contribution in [1.82, 2.24) is 15.0 Å². The van der Waals surface area contributed by atoms with Crippen LogP contribution < -0.4 is 16.6 Å². The molecule has 1 heterocycles. The summed E-state index contributed by atoms with van der Waals surface area (Å²) in [6.45, 7) is 0. The minimum atomic E-state index is 0.0488. The van der Waals surface area contributed by atoms with Gasteiger partial charge in [0.25, 0.3) is 0 Å². The molecular formula is C17H14Br2N8. The predicted molar refractivity (Wildman–Crippen MR) is 115 cm³/mol. The van der Waals surface area contributed by atoms with Gasteiger partial charge in [-0.1, -0.05) is 56.1 Å². The van der Waals surface area contributed by atoms with Crippen molar-refractivity contribution in [2.45, 2.75) is 0 Å². The SMILES string of the molecule is Nc1nc(NN=Cc2ccc(Br)cc2)nc(NN=Cc2ccc(Br)cc2)n1. The van der Waals surface area contributed by atoms with Crippen LogP contribution >= 0.6 is 31.9 Å². The molecule has 0 saturated heterocycles. The molecule has 0 bridgehead atoms. The van der Waals surface area contributed by atoms with Crippen molar-refractivity contribution < 1.29 is 0 Å². The maximum absolute atomic E-state index is 5.70. The summed E-state index contributed by atoms with van der Waals surface area (Å²) in [6, 6.07) is 15.4. The second-order valence-corrected chi connectivity index (χ2v) is 7.02. The van der Waals surface area contributed by atoms with E-state index in [4.69, 9.17) is 5.73 Å². The van der Waals surface area contributed by atoms with Crippen LogP contribution in [0, 0.1) is 0 Å². The number of hydrazone groups is 2. The van der Waals surface area contributed by atoms with Crippen molar-refractivity contribution in [3.8, 4) is 0 Å². The van der Waals surface area contributed by atoms with Crippen LogP contribution in [0.2, 0.25) is 0 Å². The lowest BCUT2D eigenvalue weighted by atomic mass is 10.2. The fourth-order valence-corrected chi connectivity index (χ4v) is 2.45. The Morgan fingerprint density at radius 3 is 1.52 bits per heavy atom. The van der Waals surface area contributed by atoms with E-state index < -0.39 is 0 Å². The third kappa shape index (κ3) is 6.12. The molecule has 0 saturated carbocycles. The molecule has 1 aromatic heterocycles. The van der Waals surface area contributed by atoms with Crippen LogP contribution in [0.1, 0.15) is 11.1 Å². The molecule has 0 fully saturated rings. The number of nitrogen functional groups attached to an aromatic ring is 1. The van der Waals surface area contributed by atoms with Crippen molar-refractivity contribution in [3.63, 3.8) is 0 Å². The van der Waals surface area contributed by atoms with Gasteiger partial charge >= 0.3 is 0 Å². The van der Waals surface area contributed by atoms with E-state index in [1.165, 1.54) is 0 Å². The smallest absolute Gasteiger partial charge is 0.250 e. The average molecular weight is 490 g/mol. The van der Waals surface area contributed by atoms with Crippen molar-refractivity contribution in [1.29, 1.82) is 0 Å². The van der Waals surface area contributed by atoms with Gasteiger partial charge < -0.3 is 5.73 Å². The largest absolute Gasteiger partial charge is 0.368 e. The quantitative estimate of drug-likeness (QED) is 0.357. The Hall–Kier alpha value is -2.85. The number of rotatable bonds is 6. The Morgan fingerprint density at radius 2 is 1.11 bits per heavy atom. The number of halogens is 2. The summed E-state index contributed by atoms with van der Waals surface area (Å²) >= 11 is 6.77. The molecule has 0 aliphatic carbocycles. The lowest BCUT2D eigenvalue weighted by Gasteiger charge is -2.03. The highest BCUT2D eigenvalue weighted by Crippen LogP contribution is 2.11. The van der Waals surface area contributed by atoms with Crippen molar-refractivity contribution in [3.05, 3.63) is 68.6 Å². The molecule has 0 aliphatic rings. The fraction of sp³-hybridized carbons (Fsp3) is 0. The maximum atomic E-state index is 5.70. The first-order valence-electron chi connectivity index (χ1n) is 7.69.